The summed E-state index contributed by atoms with van der Waals surface area (Å²) in [5.74, 6) is 1.02. The third-order valence-corrected chi connectivity index (χ3v) is 4.23. The van der Waals surface area contributed by atoms with Crippen molar-refractivity contribution < 1.29 is 5.11 Å². The minimum Gasteiger partial charge on any atom is -0.384 e. The van der Waals surface area contributed by atoms with Gasteiger partial charge in [-0.2, -0.15) is 5.10 Å². The van der Waals surface area contributed by atoms with Crippen LogP contribution in [-0.4, -0.2) is 14.9 Å². The topological polar surface area (TPSA) is 38.0 Å². The van der Waals surface area contributed by atoms with Crippen LogP contribution in [0.2, 0.25) is 0 Å². The first-order valence-corrected chi connectivity index (χ1v) is 5.87. The van der Waals surface area contributed by atoms with Crippen LogP contribution in [0.4, 0.5) is 0 Å². The van der Waals surface area contributed by atoms with E-state index in [1.807, 2.05) is 24.9 Å². The van der Waals surface area contributed by atoms with Crippen LogP contribution < -0.4 is 0 Å². The Morgan fingerprint density at radius 2 is 2.00 bits per heavy atom. The molecule has 1 aromatic heterocycles. The molecule has 2 fully saturated rings. The van der Waals surface area contributed by atoms with Gasteiger partial charge in [-0.15, -0.1) is 0 Å². The molecule has 2 atom stereocenters. The van der Waals surface area contributed by atoms with E-state index in [-0.39, 0.29) is 0 Å². The van der Waals surface area contributed by atoms with E-state index >= 15 is 0 Å². The quantitative estimate of drug-likeness (QED) is 0.760. The lowest BCUT2D eigenvalue weighted by atomic mass is 10.0. The molecule has 0 aromatic carbocycles. The van der Waals surface area contributed by atoms with Gasteiger partial charge in [0.25, 0.3) is 0 Å². The van der Waals surface area contributed by atoms with Gasteiger partial charge in [0, 0.05) is 18.8 Å². The molecule has 0 bridgehead atoms. The summed E-state index contributed by atoms with van der Waals surface area (Å²) >= 11 is 0. The maximum absolute atomic E-state index is 10.7. The van der Waals surface area contributed by atoms with Gasteiger partial charge >= 0.3 is 0 Å². The van der Waals surface area contributed by atoms with Crippen LogP contribution >= 0.6 is 0 Å². The molecule has 2 aliphatic rings. The molecule has 2 aliphatic carbocycles. The number of fused-ring (bicyclic) bond motifs is 1. The van der Waals surface area contributed by atoms with Crippen LogP contribution in [-0.2, 0) is 12.6 Å². The third kappa shape index (κ3) is 1.13. The van der Waals surface area contributed by atoms with Crippen molar-refractivity contribution in [2.45, 2.75) is 38.2 Å². The van der Waals surface area contributed by atoms with Gasteiger partial charge in [0.2, 0.25) is 0 Å². The third-order valence-electron chi connectivity index (χ3n) is 4.23. The van der Waals surface area contributed by atoms with Gasteiger partial charge < -0.3 is 5.11 Å². The number of aliphatic hydroxyl groups is 1. The second kappa shape index (κ2) is 2.85. The van der Waals surface area contributed by atoms with Crippen LogP contribution in [0.25, 0.3) is 0 Å². The average Bonchev–Trinajstić information content (AvgIpc) is 2.67. The molecule has 0 aliphatic heterocycles. The van der Waals surface area contributed by atoms with Crippen molar-refractivity contribution in [3.05, 3.63) is 17.5 Å². The molecular weight excluding hydrogens is 188 g/mol. The monoisotopic (exact) mass is 206 g/mol. The molecule has 0 saturated heterocycles. The Bertz CT molecular complexity index is 384. The average molecular weight is 206 g/mol. The summed E-state index contributed by atoms with van der Waals surface area (Å²) < 4.78 is 1.81. The molecule has 3 nitrogen and oxygen atoms in total. The predicted octanol–water partition coefficient (Wildman–Crippen LogP) is 1.74. The van der Waals surface area contributed by atoms with Crippen molar-refractivity contribution in [1.29, 1.82) is 0 Å². The van der Waals surface area contributed by atoms with Crippen LogP contribution in [0.3, 0.4) is 0 Å². The minimum absolute atomic E-state index is 0.508. The fraction of sp³-hybridized carbons (Fsp3) is 0.750. The Morgan fingerprint density at radius 1 is 1.40 bits per heavy atom. The fourth-order valence-electron chi connectivity index (χ4n) is 3.48. The van der Waals surface area contributed by atoms with Gasteiger partial charge in [-0.25, -0.2) is 0 Å². The zero-order valence-electron chi connectivity index (χ0n) is 9.40. The number of hydrogen-bond acceptors (Lipinski definition) is 2. The Labute approximate surface area is 90.1 Å². The highest BCUT2D eigenvalue weighted by molar-refractivity contribution is 5.34. The van der Waals surface area contributed by atoms with E-state index in [2.05, 4.69) is 5.10 Å². The molecule has 1 heterocycles. The largest absolute Gasteiger partial charge is 0.384 e. The lowest BCUT2D eigenvalue weighted by Gasteiger charge is -2.08. The molecule has 1 N–H and O–H groups in total. The maximum Gasteiger partial charge on any atom is 0.0993 e. The zero-order valence-corrected chi connectivity index (χ0v) is 9.40. The molecule has 3 heteroatoms. The summed E-state index contributed by atoms with van der Waals surface area (Å²) in [6, 6.07) is 0. The first kappa shape index (κ1) is 9.40. The normalized spacial score (nSPS) is 38.9. The Kier molecular flexibility index (Phi) is 1.78. The first-order valence-electron chi connectivity index (χ1n) is 5.87. The van der Waals surface area contributed by atoms with Crippen molar-refractivity contribution in [2.24, 2.45) is 18.9 Å². The molecular formula is C12H18N2O. The molecule has 15 heavy (non-hydrogen) atoms. The maximum atomic E-state index is 10.7. The Hall–Kier alpha value is -0.830. The van der Waals surface area contributed by atoms with E-state index in [4.69, 9.17) is 0 Å². The Morgan fingerprint density at radius 3 is 2.47 bits per heavy atom. The van der Waals surface area contributed by atoms with Gasteiger partial charge in [0.1, 0.15) is 0 Å². The van der Waals surface area contributed by atoms with Crippen molar-refractivity contribution in [2.75, 3.05) is 0 Å². The second-order valence-electron chi connectivity index (χ2n) is 5.12. The molecule has 0 spiro atoms. The second-order valence-corrected chi connectivity index (χ2v) is 5.12. The molecule has 0 radical (unpaired) electrons. The van der Waals surface area contributed by atoms with Crippen molar-refractivity contribution in [1.82, 2.24) is 9.78 Å². The SMILES string of the molecule is Cc1nn(C)cc1C1(O)C2CCCCC21. The lowest BCUT2D eigenvalue weighted by molar-refractivity contribution is 0.117. The predicted molar refractivity (Wildman–Crippen MR) is 57.3 cm³/mol. The van der Waals surface area contributed by atoms with E-state index in [0.29, 0.717) is 11.8 Å². The smallest absolute Gasteiger partial charge is 0.0993 e. The van der Waals surface area contributed by atoms with Crippen LogP contribution in [0, 0.1) is 18.8 Å². The molecule has 82 valence electrons. The molecule has 0 amide bonds. The van der Waals surface area contributed by atoms with Crippen molar-refractivity contribution in [3.63, 3.8) is 0 Å². The van der Waals surface area contributed by atoms with E-state index in [1.165, 1.54) is 25.7 Å². The Balaban J connectivity index is 1.97. The lowest BCUT2D eigenvalue weighted by Crippen LogP contribution is -2.10. The molecule has 1 aromatic rings. The van der Waals surface area contributed by atoms with Crippen LogP contribution in [0.1, 0.15) is 36.9 Å². The van der Waals surface area contributed by atoms with E-state index in [1.54, 1.807) is 0 Å². The molecule has 2 saturated carbocycles. The summed E-state index contributed by atoms with van der Waals surface area (Å²) in [4.78, 5) is 0. The van der Waals surface area contributed by atoms with Gasteiger partial charge in [-0.1, -0.05) is 12.8 Å². The van der Waals surface area contributed by atoms with Gasteiger partial charge in [0.15, 0.2) is 0 Å². The highest BCUT2D eigenvalue weighted by Gasteiger charge is 2.65. The first-order chi connectivity index (χ1) is 7.14. The standard InChI is InChI=1S/C12H18N2O/c1-8-11(7-14(2)13-8)12(15)9-5-3-4-6-10(9)12/h7,9-10,15H,3-6H2,1-2H3. The number of aromatic nitrogens is 2. The molecule has 2 unspecified atom stereocenters. The molecule has 3 rings (SSSR count). The summed E-state index contributed by atoms with van der Waals surface area (Å²) in [6.45, 7) is 2.00. The van der Waals surface area contributed by atoms with Crippen LogP contribution in [0.5, 0.6) is 0 Å². The van der Waals surface area contributed by atoms with E-state index in [0.717, 1.165) is 11.3 Å². The number of aryl methyl sites for hydroxylation is 2. The minimum atomic E-state index is -0.533. The number of hydrogen-bond donors (Lipinski definition) is 1. The van der Waals surface area contributed by atoms with Gasteiger partial charge in [-0.3, -0.25) is 4.68 Å². The van der Waals surface area contributed by atoms with Crippen molar-refractivity contribution in [3.8, 4) is 0 Å². The fourth-order valence-corrected chi connectivity index (χ4v) is 3.48. The van der Waals surface area contributed by atoms with Gasteiger partial charge in [0.05, 0.1) is 11.3 Å². The summed E-state index contributed by atoms with van der Waals surface area (Å²) in [6.07, 6.45) is 6.93. The summed E-state index contributed by atoms with van der Waals surface area (Å²) in [5.41, 5.74) is 1.53. The summed E-state index contributed by atoms with van der Waals surface area (Å²) in [7, 11) is 1.92. The van der Waals surface area contributed by atoms with Crippen LogP contribution in [0.15, 0.2) is 6.20 Å². The zero-order chi connectivity index (χ0) is 10.6. The van der Waals surface area contributed by atoms with Gasteiger partial charge in [-0.05, 0) is 31.6 Å². The number of rotatable bonds is 1. The van der Waals surface area contributed by atoms with Crippen molar-refractivity contribution >= 4 is 0 Å². The van der Waals surface area contributed by atoms with E-state index in [9.17, 15) is 5.11 Å². The highest BCUT2D eigenvalue weighted by atomic mass is 16.3. The highest BCUT2D eigenvalue weighted by Crippen LogP contribution is 2.64. The van der Waals surface area contributed by atoms with E-state index < -0.39 is 5.60 Å². The summed E-state index contributed by atoms with van der Waals surface area (Å²) in [5, 5.41) is 15.0. The number of nitrogens with zero attached hydrogens (tertiary/aromatic N) is 2.